The molecule has 10 heteroatoms. The molecule has 0 aromatic heterocycles. The maximum atomic E-state index is 13.5. The molecule has 4 aromatic carbocycles. The Morgan fingerprint density at radius 1 is 0.825 bits per heavy atom. The van der Waals surface area contributed by atoms with Crippen molar-refractivity contribution in [3.63, 3.8) is 0 Å². The molecule has 3 amide bonds. The third kappa shape index (κ3) is 5.93. The first kappa shape index (κ1) is 27.2. The fraction of sp³-hybridized carbons (Fsp3) is 0.0333. The number of imide groups is 1. The van der Waals surface area contributed by atoms with Crippen LogP contribution in [-0.2, 0) is 9.59 Å². The highest BCUT2D eigenvalue weighted by atomic mass is 79.9. The van der Waals surface area contributed by atoms with E-state index in [2.05, 4.69) is 26.6 Å². The molecule has 1 aliphatic rings. The number of hydrogen-bond acceptors (Lipinski definition) is 6. The summed E-state index contributed by atoms with van der Waals surface area (Å²) in [5.41, 5.74) is 2.02. The van der Waals surface area contributed by atoms with Crippen LogP contribution in [0.5, 0.6) is 5.75 Å². The molecular weight excluding hydrogens is 597 g/mol. The summed E-state index contributed by atoms with van der Waals surface area (Å²) in [5, 5.41) is 5.91. The van der Waals surface area contributed by atoms with Crippen LogP contribution in [0.3, 0.4) is 0 Å². The second kappa shape index (κ2) is 11.8. The number of hydrogen-bond donors (Lipinski definition) is 2. The van der Waals surface area contributed by atoms with E-state index in [-0.39, 0.29) is 22.2 Å². The molecule has 0 saturated carbocycles. The van der Waals surface area contributed by atoms with E-state index in [1.807, 2.05) is 0 Å². The number of halogens is 2. The molecule has 1 aliphatic heterocycles. The Kier molecular flexibility index (Phi) is 7.99. The Hall–Kier alpha value is -4.41. The average Bonchev–Trinajstić information content (AvgIpc) is 3.19. The molecule has 0 fully saturated rings. The van der Waals surface area contributed by atoms with E-state index < -0.39 is 17.6 Å². The van der Waals surface area contributed by atoms with Crippen LogP contribution in [0, 0.1) is 5.82 Å². The zero-order chi connectivity index (χ0) is 28.2. The van der Waals surface area contributed by atoms with Gasteiger partial charge in [0.15, 0.2) is 0 Å². The van der Waals surface area contributed by atoms with Gasteiger partial charge in [-0.2, -0.15) is 0 Å². The van der Waals surface area contributed by atoms with Crippen molar-refractivity contribution >= 4 is 62.5 Å². The number of methoxy groups -OCH3 is 1. The Labute approximate surface area is 242 Å². The fourth-order valence-corrected chi connectivity index (χ4v) is 5.08. The predicted molar refractivity (Wildman–Crippen MR) is 157 cm³/mol. The first-order chi connectivity index (χ1) is 19.3. The molecule has 0 atom stereocenters. The van der Waals surface area contributed by atoms with E-state index in [0.29, 0.717) is 27.6 Å². The molecule has 7 nitrogen and oxygen atoms in total. The summed E-state index contributed by atoms with van der Waals surface area (Å²) in [5.74, 6) is -1.19. The van der Waals surface area contributed by atoms with Gasteiger partial charge in [-0.25, -0.2) is 9.29 Å². The Balaban J connectivity index is 1.40. The van der Waals surface area contributed by atoms with E-state index in [1.54, 1.807) is 79.9 Å². The van der Waals surface area contributed by atoms with Gasteiger partial charge >= 0.3 is 0 Å². The number of benzene rings is 4. The van der Waals surface area contributed by atoms with Crippen LogP contribution in [0.2, 0.25) is 0 Å². The van der Waals surface area contributed by atoms with Gasteiger partial charge in [0, 0.05) is 26.3 Å². The minimum atomic E-state index is -0.562. The normalized spacial score (nSPS) is 13.0. The van der Waals surface area contributed by atoms with Crippen molar-refractivity contribution in [3.8, 4) is 5.75 Å². The van der Waals surface area contributed by atoms with Gasteiger partial charge in [-0.1, -0.05) is 27.7 Å². The van der Waals surface area contributed by atoms with E-state index in [9.17, 15) is 18.8 Å². The highest BCUT2D eigenvalue weighted by molar-refractivity contribution is 9.10. The number of carbonyl (C=O) groups excluding carboxylic acids is 3. The molecule has 2 N–H and O–H groups in total. The monoisotopic (exact) mass is 617 g/mol. The molecule has 200 valence electrons. The van der Waals surface area contributed by atoms with E-state index in [1.165, 1.54) is 24.3 Å². The summed E-state index contributed by atoms with van der Waals surface area (Å²) >= 11 is 4.46. The second-order valence-corrected chi connectivity index (χ2v) is 10.6. The van der Waals surface area contributed by atoms with Crippen LogP contribution >= 0.6 is 27.7 Å². The number of thioether (sulfide) groups is 1. The molecule has 0 radical (unpaired) electrons. The van der Waals surface area contributed by atoms with Gasteiger partial charge in [-0.15, -0.1) is 0 Å². The molecule has 1 heterocycles. The standard InChI is InChI=1S/C30H21BrFN3O4S/c1-39-24-14-8-21(9-15-24)33-26-27(30(38)35(29(26)37)23-12-6-20(32)7-13-23)40-25-16-10-22(11-17-25)34-28(36)18-2-4-19(31)5-3-18/h2-17,33H,1H3,(H,34,36). The summed E-state index contributed by atoms with van der Waals surface area (Å²) in [4.78, 5) is 41.4. The van der Waals surface area contributed by atoms with Crippen LogP contribution < -0.4 is 20.3 Å². The number of nitrogens with zero attached hydrogens (tertiary/aromatic N) is 1. The van der Waals surface area contributed by atoms with Gasteiger partial charge in [-0.05, 0) is 97.1 Å². The molecule has 5 rings (SSSR count). The van der Waals surface area contributed by atoms with Crippen LogP contribution in [0.1, 0.15) is 10.4 Å². The molecule has 4 aromatic rings. The number of nitrogens with one attached hydrogen (secondary N) is 2. The molecule has 40 heavy (non-hydrogen) atoms. The minimum Gasteiger partial charge on any atom is -0.497 e. The van der Waals surface area contributed by atoms with Crippen molar-refractivity contribution in [3.05, 3.63) is 124 Å². The van der Waals surface area contributed by atoms with Crippen molar-refractivity contribution in [2.75, 3.05) is 22.6 Å². The van der Waals surface area contributed by atoms with Crippen LogP contribution in [-0.4, -0.2) is 24.8 Å². The predicted octanol–water partition coefficient (Wildman–Crippen LogP) is 6.84. The van der Waals surface area contributed by atoms with Gasteiger partial charge in [0.25, 0.3) is 17.7 Å². The summed E-state index contributed by atoms with van der Waals surface area (Å²) in [6, 6.07) is 26.0. The van der Waals surface area contributed by atoms with Crippen molar-refractivity contribution in [2.45, 2.75) is 4.90 Å². The fourth-order valence-electron chi connectivity index (χ4n) is 3.89. The molecule has 0 aliphatic carbocycles. The third-order valence-corrected chi connectivity index (χ3v) is 7.54. The zero-order valence-corrected chi connectivity index (χ0v) is 23.4. The van der Waals surface area contributed by atoms with E-state index >= 15 is 0 Å². The largest absolute Gasteiger partial charge is 0.497 e. The number of carbonyl (C=O) groups is 3. The zero-order valence-electron chi connectivity index (χ0n) is 21.0. The smallest absolute Gasteiger partial charge is 0.283 e. The number of ether oxygens (including phenoxy) is 1. The lowest BCUT2D eigenvalue weighted by molar-refractivity contribution is -0.120. The summed E-state index contributed by atoms with van der Waals surface area (Å²) in [6.07, 6.45) is 0. The Bertz CT molecular complexity index is 1610. The maximum absolute atomic E-state index is 13.5. The quantitative estimate of drug-likeness (QED) is 0.211. The van der Waals surface area contributed by atoms with E-state index in [4.69, 9.17) is 4.74 Å². The second-order valence-electron chi connectivity index (χ2n) is 8.57. The first-order valence-electron chi connectivity index (χ1n) is 12.0. The minimum absolute atomic E-state index is 0.0945. The Morgan fingerprint density at radius 2 is 1.45 bits per heavy atom. The maximum Gasteiger partial charge on any atom is 0.283 e. The van der Waals surface area contributed by atoms with Gasteiger partial charge in [-0.3, -0.25) is 14.4 Å². The molecule has 0 spiro atoms. The third-order valence-electron chi connectivity index (χ3n) is 5.92. The summed E-state index contributed by atoms with van der Waals surface area (Å²) in [7, 11) is 1.55. The summed E-state index contributed by atoms with van der Waals surface area (Å²) < 4.78 is 19.6. The van der Waals surface area contributed by atoms with Gasteiger partial charge < -0.3 is 15.4 Å². The van der Waals surface area contributed by atoms with Crippen LogP contribution in [0.25, 0.3) is 0 Å². The topological polar surface area (TPSA) is 87.7 Å². The van der Waals surface area contributed by atoms with Crippen LogP contribution in [0.15, 0.2) is 117 Å². The van der Waals surface area contributed by atoms with Crippen molar-refractivity contribution < 1.29 is 23.5 Å². The molecule has 0 bridgehead atoms. The molecule has 0 unspecified atom stereocenters. The highest BCUT2D eigenvalue weighted by Gasteiger charge is 2.40. The van der Waals surface area contributed by atoms with Crippen molar-refractivity contribution in [1.82, 2.24) is 0 Å². The molecule has 0 saturated heterocycles. The molecular formula is C30H21BrFN3O4S. The SMILES string of the molecule is COc1ccc(NC2=C(Sc3ccc(NC(=O)c4ccc(Br)cc4)cc3)C(=O)N(c3ccc(F)cc3)C2=O)cc1. The van der Waals surface area contributed by atoms with Gasteiger partial charge in [0.1, 0.15) is 22.2 Å². The Morgan fingerprint density at radius 3 is 2.08 bits per heavy atom. The lowest BCUT2D eigenvalue weighted by atomic mass is 10.2. The average molecular weight is 618 g/mol. The first-order valence-corrected chi connectivity index (χ1v) is 13.6. The lowest BCUT2D eigenvalue weighted by Gasteiger charge is -2.15. The number of amides is 3. The summed E-state index contributed by atoms with van der Waals surface area (Å²) in [6.45, 7) is 0. The van der Waals surface area contributed by atoms with Gasteiger partial charge in [0.2, 0.25) is 0 Å². The lowest BCUT2D eigenvalue weighted by Crippen LogP contribution is -2.32. The highest BCUT2D eigenvalue weighted by Crippen LogP contribution is 2.38. The van der Waals surface area contributed by atoms with E-state index in [0.717, 1.165) is 21.1 Å². The number of rotatable bonds is 8. The van der Waals surface area contributed by atoms with Gasteiger partial charge in [0.05, 0.1) is 12.8 Å². The van der Waals surface area contributed by atoms with Crippen molar-refractivity contribution in [2.24, 2.45) is 0 Å². The number of anilines is 3. The van der Waals surface area contributed by atoms with Crippen LogP contribution in [0.4, 0.5) is 21.5 Å². The van der Waals surface area contributed by atoms with Crippen molar-refractivity contribution in [1.29, 1.82) is 0 Å².